The Kier molecular flexibility index (Phi) is 7.15. The van der Waals surface area contributed by atoms with Gasteiger partial charge in [-0.1, -0.05) is 66.7 Å². The fourth-order valence-electron chi connectivity index (χ4n) is 2.83. The fraction of sp³-hybridized carbons (Fsp3) is 0.240. The third-order valence-electron chi connectivity index (χ3n) is 4.35. The molecule has 3 rings (SSSR count). The molecule has 0 fully saturated rings. The standard InChI is InChI=1S/C25H26ClN3O3/c1-17(16-31-20-14-10-7-11-15-20)29(24(30)32-25(3,4)5)23-18(2)21(26)27-22(28-23)19-12-8-6-9-13-19/h6-15H,1,16H2,2-5H3. The first-order chi connectivity index (χ1) is 15.2. The number of para-hydroxylation sites is 1. The number of benzene rings is 2. The van der Waals surface area contributed by atoms with E-state index in [1.807, 2.05) is 60.7 Å². The maximum absolute atomic E-state index is 13.2. The highest BCUT2D eigenvalue weighted by Gasteiger charge is 2.29. The molecule has 1 heterocycles. The highest BCUT2D eigenvalue weighted by Crippen LogP contribution is 2.30. The molecule has 0 bridgehead atoms. The number of hydrogen-bond donors (Lipinski definition) is 0. The Balaban J connectivity index is 2.01. The first-order valence-electron chi connectivity index (χ1n) is 10.1. The van der Waals surface area contributed by atoms with Gasteiger partial charge in [-0.25, -0.2) is 19.7 Å². The van der Waals surface area contributed by atoms with E-state index in [0.29, 0.717) is 28.7 Å². The summed E-state index contributed by atoms with van der Waals surface area (Å²) in [5, 5.41) is 0.235. The maximum Gasteiger partial charge on any atom is 0.420 e. The van der Waals surface area contributed by atoms with Crippen molar-refractivity contribution in [2.24, 2.45) is 0 Å². The predicted molar refractivity (Wildman–Crippen MR) is 127 cm³/mol. The van der Waals surface area contributed by atoms with Crippen molar-refractivity contribution in [3.05, 3.63) is 83.7 Å². The fourth-order valence-corrected chi connectivity index (χ4v) is 3.00. The van der Waals surface area contributed by atoms with E-state index in [4.69, 9.17) is 21.1 Å². The summed E-state index contributed by atoms with van der Waals surface area (Å²) >= 11 is 6.44. The Morgan fingerprint density at radius 2 is 1.62 bits per heavy atom. The van der Waals surface area contributed by atoms with Crippen molar-refractivity contribution < 1.29 is 14.3 Å². The summed E-state index contributed by atoms with van der Waals surface area (Å²) in [6.45, 7) is 11.2. The molecule has 2 aromatic carbocycles. The molecule has 1 amide bonds. The average molecular weight is 452 g/mol. The van der Waals surface area contributed by atoms with Crippen LogP contribution in [0.1, 0.15) is 26.3 Å². The zero-order valence-electron chi connectivity index (χ0n) is 18.6. The summed E-state index contributed by atoms with van der Waals surface area (Å²) in [4.78, 5) is 23.5. The van der Waals surface area contributed by atoms with Gasteiger partial charge in [0.1, 0.15) is 23.1 Å². The second-order valence-corrected chi connectivity index (χ2v) is 8.49. The number of amides is 1. The molecule has 1 aromatic heterocycles. The number of rotatable bonds is 6. The van der Waals surface area contributed by atoms with Gasteiger partial charge >= 0.3 is 6.09 Å². The summed E-state index contributed by atoms with van der Waals surface area (Å²) in [6, 6.07) is 18.7. The molecular weight excluding hydrogens is 426 g/mol. The van der Waals surface area contributed by atoms with Gasteiger partial charge < -0.3 is 9.47 Å². The zero-order chi connectivity index (χ0) is 23.3. The maximum atomic E-state index is 13.2. The van der Waals surface area contributed by atoms with E-state index in [2.05, 4.69) is 16.5 Å². The molecule has 0 saturated heterocycles. The van der Waals surface area contributed by atoms with Crippen LogP contribution in [-0.4, -0.2) is 28.3 Å². The lowest BCUT2D eigenvalue weighted by atomic mass is 10.2. The Hall–Kier alpha value is -3.38. The van der Waals surface area contributed by atoms with Crippen LogP contribution in [0.3, 0.4) is 0 Å². The van der Waals surface area contributed by atoms with Crippen molar-refractivity contribution in [2.75, 3.05) is 11.5 Å². The quantitative estimate of drug-likeness (QED) is 0.403. The molecule has 0 aliphatic heterocycles. The van der Waals surface area contributed by atoms with E-state index >= 15 is 0 Å². The number of hydrogen-bond acceptors (Lipinski definition) is 5. The van der Waals surface area contributed by atoms with Crippen molar-refractivity contribution in [3.8, 4) is 17.1 Å². The van der Waals surface area contributed by atoms with E-state index in [1.54, 1.807) is 27.7 Å². The molecule has 0 radical (unpaired) electrons. The van der Waals surface area contributed by atoms with Crippen LogP contribution in [0.4, 0.5) is 10.6 Å². The minimum atomic E-state index is -0.719. The Morgan fingerprint density at radius 1 is 1.03 bits per heavy atom. The van der Waals surface area contributed by atoms with Crippen LogP contribution in [0.2, 0.25) is 5.15 Å². The lowest BCUT2D eigenvalue weighted by Gasteiger charge is -2.29. The molecule has 0 saturated carbocycles. The van der Waals surface area contributed by atoms with Gasteiger partial charge in [-0.05, 0) is 39.8 Å². The van der Waals surface area contributed by atoms with Gasteiger partial charge in [-0.2, -0.15) is 0 Å². The third-order valence-corrected chi connectivity index (χ3v) is 4.71. The van der Waals surface area contributed by atoms with Crippen LogP contribution in [-0.2, 0) is 4.74 Å². The summed E-state index contributed by atoms with van der Waals surface area (Å²) in [5.41, 5.74) is 0.923. The van der Waals surface area contributed by atoms with Crippen LogP contribution in [0, 0.1) is 6.92 Å². The van der Waals surface area contributed by atoms with Gasteiger partial charge in [-0.15, -0.1) is 0 Å². The van der Waals surface area contributed by atoms with Crippen LogP contribution in [0.25, 0.3) is 11.4 Å². The summed E-state index contributed by atoms with van der Waals surface area (Å²) in [7, 11) is 0. The molecule has 3 aromatic rings. The van der Waals surface area contributed by atoms with Crippen molar-refractivity contribution >= 4 is 23.5 Å². The SMILES string of the molecule is C=C(COc1ccccc1)N(C(=O)OC(C)(C)C)c1nc(-c2ccccc2)nc(Cl)c1C. The number of halogens is 1. The average Bonchev–Trinajstić information content (AvgIpc) is 2.75. The van der Waals surface area contributed by atoms with E-state index < -0.39 is 11.7 Å². The highest BCUT2D eigenvalue weighted by atomic mass is 35.5. The Labute approximate surface area is 193 Å². The summed E-state index contributed by atoms with van der Waals surface area (Å²) in [6.07, 6.45) is -0.629. The molecule has 7 heteroatoms. The van der Waals surface area contributed by atoms with Gasteiger partial charge in [0.2, 0.25) is 0 Å². The smallest absolute Gasteiger partial charge is 0.420 e. The second kappa shape index (κ2) is 9.83. The predicted octanol–water partition coefficient (Wildman–Crippen LogP) is 6.44. The Morgan fingerprint density at radius 3 is 2.22 bits per heavy atom. The van der Waals surface area contributed by atoms with E-state index in [1.165, 1.54) is 4.90 Å². The zero-order valence-corrected chi connectivity index (χ0v) is 19.4. The largest absolute Gasteiger partial charge is 0.487 e. The van der Waals surface area contributed by atoms with E-state index in [-0.39, 0.29) is 11.8 Å². The van der Waals surface area contributed by atoms with Gasteiger partial charge in [0.05, 0.1) is 5.70 Å². The highest BCUT2D eigenvalue weighted by molar-refractivity contribution is 6.30. The number of carbonyl (C=O) groups excluding carboxylic acids is 1. The van der Waals surface area contributed by atoms with Crippen molar-refractivity contribution in [1.29, 1.82) is 0 Å². The van der Waals surface area contributed by atoms with Crippen LogP contribution >= 0.6 is 11.6 Å². The second-order valence-electron chi connectivity index (χ2n) is 8.14. The van der Waals surface area contributed by atoms with Gasteiger partial charge in [-0.3, -0.25) is 0 Å². The number of ether oxygens (including phenoxy) is 2. The lowest BCUT2D eigenvalue weighted by molar-refractivity contribution is 0.0587. The molecule has 0 atom stereocenters. The summed E-state index contributed by atoms with van der Waals surface area (Å²) < 4.78 is 11.4. The van der Waals surface area contributed by atoms with Crippen LogP contribution in [0.15, 0.2) is 72.9 Å². The van der Waals surface area contributed by atoms with Crippen molar-refractivity contribution in [3.63, 3.8) is 0 Å². The third kappa shape index (κ3) is 5.86. The van der Waals surface area contributed by atoms with Crippen molar-refractivity contribution in [1.82, 2.24) is 9.97 Å². The van der Waals surface area contributed by atoms with Gasteiger partial charge in [0, 0.05) is 11.1 Å². The Bertz CT molecular complexity index is 1100. The molecule has 32 heavy (non-hydrogen) atoms. The first-order valence-corrected chi connectivity index (χ1v) is 10.5. The summed E-state index contributed by atoms with van der Waals surface area (Å²) in [5.74, 6) is 1.33. The molecule has 0 spiro atoms. The number of carbonyl (C=O) groups is 1. The molecule has 166 valence electrons. The topological polar surface area (TPSA) is 64.5 Å². The van der Waals surface area contributed by atoms with Crippen LogP contribution in [0.5, 0.6) is 5.75 Å². The minimum absolute atomic E-state index is 0.0466. The molecule has 0 unspecified atom stereocenters. The number of aromatic nitrogens is 2. The molecular formula is C25H26ClN3O3. The minimum Gasteiger partial charge on any atom is -0.487 e. The van der Waals surface area contributed by atoms with Gasteiger partial charge in [0.15, 0.2) is 11.6 Å². The molecule has 0 N–H and O–H groups in total. The first kappa shape index (κ1) is 23.3. The molecule has 0 aliphatic rings. The lowest BCUT2D eigenvalue weighted by Crippen LogP contribution is -2.38. The normalized spacial score (nSPS) is 11.0. The number of anilines is 1. The molecule has 0 aliphatic carbocycles. The monoisotopic (exact) mass is 451 g/mol. The van der Waals surface area contributed by atoms with E-state index in [0.717, 1.165) is 5.56 Å². The van der Waals surface area contributed by atoms with Gasteiger partial charge in [0.25, 0.3) is 0 Å². The van der Waals surface area contributed by atoms with Crippen molar-refractivity contribution in [2.45, 2.75) is 33.3 Å². The number of nitrogens with zero attached hydrogens (tertiary/aromatic N) is 3. The van der Waals surface area contributed by atoms with E-state index in [9.17, 15) is 4.79 Å². The molecule has 6 nitrogen and oxygen atoms in total. The van der Waals surface area contributed by atoms with Crippen LogP contribution < -0.4 is 9.64 Å².